The van der Waals surface area contributed by atoms with E-state index in [0.717, 1.165) is 0 Å². The lowest BCUT2D eigenvalue weighted by molar-refractivity contribution is -0.137. The van der Waals surface area contributed by atoms with Gasteiger partial charge in [-0.25, -0.2) is 4.39 Å². The Kier molecular flexibility index (Phi) is 6.51. The number of carbonyl (C=O) groups is 1. The molecule has 0 unspecified atom stereocenters. The number of halogens is 1. The lowest BCUT2D eigenvalue weighted by atomic mass is 10.2. The van der Waals surface area contributed by atoms with Crippen LogP contribution in [0.3, 0.4) is 0 Å². The Morgan fingerprint density at radius 1 is 1.13 bits per heavy atom. The number of carbonyl (C=O) groups excluding carboxylic acids is 1. The summed E-state index contributed by atoms with van der Waals surface area (Å²) in [6, 6.07) is 10.7. The van der Waals surface area contributed by atoms with E-state index in [4.69, 9.17) is 18.7 Å². The van der Waals surface area contributed by atoms with Gasteiger partial charge in [0.2, 0.25) is 11.7 Å². The zero-order valence-corrected chi connectivity index (χ0v) is 17.1. The van der Waals surface area contributed by atoms with Gasteiger partial charge in [0.1, 0.15) is 23.1 Å². The van der Waals surface area contributed by atoms with Gasteiger partial charge in [-0.15, -0.1) is 0 Å². The Labute approximate surface area is 173 Å². The third-order valence-electron chi connectivity index (χ3n) is 4.34. The Morgan fingerprint density at radius 3 is 2.50 bits per heavy atom. The summed E-state index contributed by atoms with van der Waals surface area (Å²) in [4.78, 5) is 18.3. The van der Waals surface area contributed by atoms with E-state index in [1.54, 1.807) is 39.3 Å². The van der Waals surface area contributed by atoms with Crippen molar-refractivity contribution in [3.8, 4) is 28.6 Å². The van der Waals surface area contributed by atoms with Crippen molar-refractivity contribution in [2.24, 2.45) is 0 Å². The molecule has 158 valence electrons. The number of methoxy groups -OCH3 is 2. The Hall–Kier alpha value is -3.62. The highest BCUT2D eigenvalue weighted by molar-refractivity contribution is 5.80. The molecule has 8 nitrogen and oxygen atoms in total. The fourth-order valence-electron chi connectivity index (χ4n) is 2.77. The first kappa shape index (κ1) is 21.1. The first-order valence-electron chi connectivity index (χ1n) is 9.13. The van der Waals surface area contributed by atoms with Crippen LogP contribution in [0, 0.1) is 5.82 Å². The van der Waals surface area contributed by atoms with Gasteiger partial charge >= 0.3 is 0 Å². The smallest absolute Gasteiger partial charge is 0.263 e. The normalized spacial score (nSPS) is 11.6. The summed E-state index contributed by atoms with van der Waals surface area (Å²) in [7, 11) is 4.70. The molecule has 1 amide bonds. The highest BCUT2D eigenvalue weighted by Gasteiger charge is 2.22. The summed E-state index contributed by atoms with van der Waals surface area (Å²) in [6.07, 6.45) is -0.774. The highest BCUT2D eigenvalue weighted by atomic mass is 19.1. The molecular weight excluding hydrogens is 393 g/mol. The van der Waals surface area contributed by atoms with Crippen molar-refractivity contribution < 1.29 is 27.9 Å². The van der Waals surface area contributed by atoms with Gasteiger partial charge in [0.15, 0.2) is 6.10 Å². The zero-order chi connectivity index (χ0) is 21.7. The quantitative estimate of drug-likeness (QED) is 0.558. The SMILES string of the molecule is COc1ccc(-c2noc(CN(C)C(=O)[C@@H](C)Oc3ccc(F)cc3)n2)c(OC)c1. The van der Waals surface area contributed by atoms with Gasteiger partial charge < -0.3 is 23.6 Å². The zero-order valence-electron chi connectivity index (χ0n) is 17.1. The van der Waals surface area contributed by atoms with Crippen LogP contribution >= 0.6 is 0 Å². The lowest BCUT2D eigenvalue weighted by Gasteiger charge is -2.20. The van der Waals surface area contributed by atoms with E-state index in [9.17, 15) is 9.18 Å². The fourth-order valence-corrected chi connectivity index (χ4v) is 2.77. The molecule has 0 spiro atoms. The van der Waals surface area contributed by atoms with Crippen LogP contribution in [0.5, 0.6) is 17.2 Å². The minimum absolute atomic E-state index is 0.0986. The monoisotopic (exact) mass is 415 g/mol. The van der Waals surface area contributed by atoms with E-state index < -0.39 is 6.10 Å². The van der Waals surface area contributed by atoms with E-state index in [-0.39, 0.29) is 24.2 Å². The molecule has 1 atom stereocenters. The third-order valence-corrected chi connectivity index (χ3v) is 4.34. The Balaban J connectivity index is 1.66. The molecule has 30 heavy (non-hydrogen) atoms. The minimum atomic E-state index is -0.774. The molecule has 0 aliphatic carbocycles. The molecule has 0 radical (unpaired) electrons. The van der Waals surface area contributed by atoms with Gasteiger partial charge in [0.05, 0.1) is 26.3 Å². The van der Waals surface area contributed by atoms with Gasteiger partial charge in [-0.3, -0.25) is 4.79 Å². The van der Waals surface area contributed by atoms with Crippen molar-refractivity contribution in [2.75, 3.05) is 21.3 Å². The Morgan fingerprint density at radius 2 is 1.83 bits per heavy atom. The van der Waals surface area contributed by atoms with Gasteiger partial charge in [-0.05, 0) is 43.3 Å². The second-order valence-electron chi connectivity index (χ2n) is 6.49. The predicted octanol–water partition coefficient (Wildman–Crippen LogP) is 3.32. The van der Waals surface area contributed by atoms with E-state index in [1.165, 1.54) is 36.3 Å². The number of benzene rings is 2. The van der Waals surface area contributed by atoms with Crippen LogP contribution in [0.25, 0.3) is 11.4 Å². The standard InChI is InChI=1S/C21H22FN3O5/c1-13(29-15-7-5-14(22)6-8-15)21(26)25(2)12-19-23-20(24-30-19)17-10-9-16(27-3)11-18(17)28-4/h5-11,13H,12H2,1-4H3/t13-/m1/s1. The van der Waals surface area contributed by atoms with Crippen molar-refractivity contribution in [2.45, 2.75) is 19.6 Å². The summed E-state index contributed by atoms with van der Waals surface area (Å²) in [5.74, 6) is 1.50. The van der Waals surface area contributed by atoms with Crippen LogP contribution in [0.1, 0.15) is 12.8 Å². The molecule has 0 saturated heterocycles. The average Bonchev–Trinajstić information content (AvgIpc) is 3.22. The van der Waals surface area contributed by atoms with Crippen LogP contribution in [0.2, 0.25) is 0 Å². The van der Waals surface area contributed by atoms with Crippen molar-refractivity contribution in [1.82, 2.24) is 15.0 Å². The molecule has 2 aromatic carbocycles. The van der Waals surface area contributed by atoms with Crippen LogP contribution in [-0.4, -0.2) is 48.3 Å². The van der Waals surface area contributed by atoms with Gasteiger partial charge in [0, 0.05) is 13.1 Å². The fraction of sp³-hybridized carbons (Fsp3) is 0.286. The number of hydrogen-bond donors (Lipinski definition) is 0. The van der Waals surface area contributed by atoms with E-state index in [0.29, 0.717) is 28.6 Å². The molecule has 9 heteroatoms. The largest absolute Gasteiger partial charge is 0.497 e. The highest BCUT2D eigenvalue weighted by Crippen LogP contribution is 2.31. The second-order valence-corrected chi connectivity index (χ2v) is 6.49. The molecule has 0 bridgehead atoms. The summed E-state index contributed by atoms with van der Waals surface area (Å²) in [5.41, 5.74) is 0.635. The maximum Gasteiger partial charge on any atom is 0.263 e. The summed E-state index contributed by atoms with van der Waals surface area (Å²) in [6.45, 7) is 1.71. The molecule has 0 saturated carbocycles. The van der Waals surface area contributed by atoms with Crippen molar-refractivity contribution in [1.29, 1.82) is 0 Å². The molecule has 0 aliphatic rings. The van der Waals surface area contributed by atoms with Gasteiger partial charge in [0.25, 0.3) is 5.91 Å². The Bertz CT molecular complexity index is 1010. The number of hydrogen-bond acceptors (Lipinski definition) is 7. The molecule has 0 N–H and O–H groups in total. The first-order chi connectivity index (χ1) is 14.4. The van der Waals surface area contributed by atoms with Crippen molar-refractivity contribution >= 4 is 5.91 Å². The number of rotatable bonds is 8. The molecule has 1 aromatic heterocycles. The lowest BCUT2D eigenvalue weighted by Crippen LogP contribution is -2.37. The molecule has 0 aliphatic heterocycles. The van der Waals surface area contributed by atoms with E-state index in [1.807, 2.05) is 0 Å². The predicted molar refractivity (Wildman–Crippen MR) is 106 cm³/mol. The second kappa shape index (κ2) is 9.25. The topological polar surface area (TPSA) is 86.9 Å². The van der Waals surface area contributed by atoms with Gasteiger partial charge in [-0.1, -0.05) is 5.16 Å². The van der Waals surface area contributed by atoms with Crippen LogP contribution < -0.4 is 14.2 Å². The number of ether oxygens (including phenoxy) is 3. The maximum absolute atomic E-state index is 13.0. The number of nitrogens with zero attached hydrogens (tertiary/aromatic N) is 3. The minimum Gasteiger partial charge on any atom is -0.497 e. The van der Waals surface area contributed by atoms with E-state index >= 15 is 0 Å². The van der Waals surface area contributed by atoms with Gasteiger partial charge in [-0.2, -0.15) is 4.98 Å². The van der Waals surface area contributed by atoms with Crippen LogP contribution in [0.15, 0.2) is 47.0 Å². The summed E-state index contributed by atoms with van der Waals surface area (Å²) < 4.78 is 34.4. The van der Waals surface area contributed by atoms with Crippen molar-refractivity contribution in [3.63, 3.8) is 0 Å². The first-order valence-corrected chi connectivity index (χ1v) is 9.13. The van der Waals surface area contributed by atoms with E-state index in [2.05, 4.69) is 10.1 Å². The molecule has 0 fully saturated rings. The summed E-state index contributed by atoms with van der Waals surface area (Å²) >= 11 is 0. The maximum atomic E-state index is 13.0. The van der Waals surface area contributed by atoms with Crippen LogP contribution in [0.4, 0.5) is 4.39 Å². The number of aromatic nitrogens is 2. The van der Waals surface area contributed by atoms with Crippen LogP contribution in [-0.2, 0) is 11.3 Å². The molecule has 3 rings (SSSR count). The average molecular weight is 415 g/mol. The molecule has 3 aromatic rings. The number of amides is 1. The third kappa shape index (κ3) is 4.86. The summed E-state index contributed by atoms with van der Waals surface area (Å²) in [5, 5.41) is 3.97. The molecule has 1 heterocycles. The number of likely N-dealkylation sites (N-methyl/N-ethyl adjacent to an activating group) is 1. The molecular formula is C21H22FN3O5. The van der Waals surface area contributed by atoms with Crippen molar-refractivity contribution in [3.05, 3.63) is 54.2 Å².